The van der Waals surface area contributed by atoms with Gasteiger partial charge in [0.2, 0.25) is 0 Å². The maximum absolute atomic E-state index is 12.1. The quantitative estimate of drug-likeness (QED) is 0.726. The minimum atomic E-state index is -1.06. The van der Waals surface area contributed by atoms with Crippen molar-refractivity contribution >= 4 is 12.0 Å². The number of carboxylic acids is 1. The highest BCUT2D eigenvalue weighted by Crippen LogP contribution is 2.28. The second kappa shape index (κ2) is 6.43. The third-order valence-corrected chi connectivity index (χ3v) is 4.52. The molecule has 1 saturated heterocycles. The molecule has 1 aliphatic heterocycles. The Morgan fingerprint density at radius 2 is 1.75 bits per heavy atom. The maximum Gasteiger partial charge on any atom is 0.329 e. The number of piperidine rings is 1. The number of carbonyl (C=O) groups excluding carboxylic acids is 1. The van der Waals surface area contributed by atoms with Crippen LogP contribution in [-0.4, -0.2) is 53.7 Å². The molecule has 2 amide bonds. The Hall–Kier alpha value is -1.30. The third-order valence-electron chi connectivity index (χ3n) is 4.52. The molecule has 6 nitrogen and oxygen atoms in total. The molecule has 0 aromatic carbocycles. The fraction of sp³-hybridized carbons (Fsp3) is 0.857. The first kappa shape index (κ1) is 15.1. The van der Waals surface area contributed by atoms with Crippen molar-refractivity contribution in [2.45, 2.75) is 56.5 Å². The van der Waals surface area contributed by atoms with Crippen LogP contribution in [0.25, 0.3) is 0 Å². The highest BCUT2D eigenvalue weighted by Gasteiger charge is 2.41. The number of aliphatic carboxylic acids is 1. The molecular weight excluding hydrogens is 258 g/mol. The molecule has 2 aliphatic rings. The van der Waals surface area contributed by atoms with Gasteiger partial charge in [-0.05, 0) is 45.8 Å². The number of nitrogens with zero attached hydrogens (tertiary/aromatic N) is 1. The van der Waals surface area contributed by atoms with Crippen LogP contribution in [-0.2, 0) is 4.79 Å². The van der Waals surface area contributed by atoms with Gasteiger partial charge in [0.15, 0.2) is 0 Å². The molecule has 2 fully saturated rings. The topological polar surface area (TPSA) is 81.7 Å². The molecule has 0 bridgehead atoms. The van der Waals surface area contributed by atoms with Gasteiger partial charge in [-0.3, -0.25) is 0 Å². The summed E-state index contributed by atoms with van der Waals surface area (Å²) >= 11 is 0. The van der Waals surface area contributed by atoms with E-state index in [0.717, 1.165) is 45.2 Å². The van der Waals surface area contributed by atoms with Crippen LogP contribution in [0.1, 0.15) is 44.9 Å². The number of carboxylic acid groups (broad SMARTS) is 1. The van der Waals surface area contributed by atoms with Gasteiger partial charge in [0.1, 0.15) is 5.54 Å². The van der Waals surface area contributed by atoms with E-state index in [2.05, 4.69) is 22.6 Å². The summed E-state index contributed by atoms with van der Waals surface area (Å²) in [6.45, 7) is 1.93. The molecule has 1 heterocycles. The van der Waals surface area contributed by atoms with Crippen LogP contribution in [0.3, 0.4) is 0 Å². The van der Waals surface area contributed by atoms with Crippen LogP contribution in [0.2, 0.25) is 0 Å². The van der Waals surface area contributed by atoms with Crippen molar-refractivity contribution in [3.8, 4) is 0 Å². The fourth-order valence-corrected chi connectivity index (χ4v) is 3.14. The summed E-state index contributed by atoms with van der Waals surface area (Å²) in [5, 5.41) is 15.1. The zero-order valence-corrected chi connectivity index (χ0v) is 12.2. The molecule has 0 atom stereocenters. The zero-order chi connectivity index (χ0) is 14.6. The van der Waals surface area contributed by atoms with Crippen molar-refractivity contribution in [3.63, 3.8) is 0 Å². The van der Waals surface area contributed by atoms with E-state index in [0.29, 0.717) is 12.8 Å². The molecule has 0 radical (unpaired) electrons. The summed E-state index contributed by atoms with van der Waals surface area (Å²) in [6, 6.07) is -0.176. The predicted molar refractivity (Wildman–Crippen MR) is 75.6 cm³/mol. The van der Waals surface area contributed by atoms with E-state index in [1.165, 1.54) is 0 Å². The average Bonchev–Trinajstić information content (AvgIpc) is 2.42. The van der Waals surface area contributed by atoms with E-state index in [1.807, 2.05) is 0 Å². The van der Waals surface area contributed by atoms with Crippen molar-refractivity contribution in [1.82, 2.24) is 15.5 Å². The summed E-state index contributed by atoms with van der Waals surface area (Å²) < 4.78 is 0. The molecular formula is C14H25N3O3. The highest BCUT2D eigenvalue weighted by molar-refractivity contribution is 5.86. The van der Waals surface area contributed by atoms with Crippen molar-refractivity contribution < 1.29 is 14.7 Å². The van der Waals surface area contributed by atoms with Crippen molar-refractivity contribution in [1.29, 1.82) is 0 Å². The molecule has 2 rings (SSSR count). The summed E-state index contributed by atoms with van der Waals surface area (Å²) in [4.78, 5) is 25.8. The summed E-state index contributed by atoms with van der Waals surface area (Å²) in [5.74, 6) is -0.907. The average molecular weight is 283 g/mol. The van der Waals surface area contributed by atoms with Gasteiger partial charge in [-0.15, -0.1) is 0 Å². The lowest BCUT2D eigenvalue weighted by atomic mass is 9.82. The normalized spacial score (nSPS) is 24.1. The minimum absolute atomic E-state index is 0.153. The van der Waals surface area contributed by atoms with Gasteiger partial charge in [0, 0.05) is 6.04 Å². The SMILES string of the molecule is CN1CCC(NC(=O)NC2(C(=O)O)CCCCC2)CC1. The monoisotopic (exact) mass is 283 g/mol. The number of hydrogen-bond donors (Lipinski definition) is 3. The molecule has 20 heavy (non-hydrogen) atoms. The number of nitrogens with one attached hydrogen (secondary N) is 2. The Morgan fingerprint density at radius 3 is 2.30 bits per heavy atom. The van der Waals surface area contributed by atoms with Crippen LogP contribution in [0.4, 0.5) is 4.79 Å². The van der Waals surface area contributed by atoms with E-state index in [4.69, 9.17) is 0 Å². The lowest BCUT2D eigenvalue weighted by molar-refractivity contribution is -0.145. The van der Waals surface area contributed by atoms with Gasteiger partial charge in [-0.2, -0.15) is 0 Å². The second-order valence-corrected chi connectivity index (χ2v) is 6.12. The lowest BCUT2D eigenvalue weighted by Gasteiger charge is -2.35. The van der Waals surface area contributed by atoms with Crippen molar-refractivity contribution in [2.24, 2.45) is 0 Å². The second-order valence-electron chi connectivity index (χ2n) is 6.12. The Labute approximate surface area is 119 Å². The van der Waals surface area contributed by atoms with Crippen LogP contribution >= 0.6 is 0 Å². The van der Waals surface area contributed by atoms with Gasteiger partial charge in [-0.25, -0.2) is 9.59 Å². The molecule has 0 spiro atoms. The van der Waals surface area contributed by atoms with Crippen molar-refractivity contribution in [3.05, 3.63) is 0 Å². The molecule has 3 N–H and O–H groups in total. The number of amides is 2. The smallest absolute Gasteiger partial charge is 0.329 e. The maximum atomic E-state index is 12.1. The molecule has 1 saturated carbocycles. The Balaban J connectivity index is 1.87. The first-order valence-electron chi connectivity index (χ1n) is 7.52. The van der Waals surface area contributed by atoms with Crippen LogP contribution in [0.5, 0.6) is 0 Å². The molecule has 6 heteroatoms. The summed E-state index contributed by atoms with van der Waals surface area (Å²) in [7, 11) is 2.07. The number of urea groups is 1. The number of carbonyl (C=O) groups is 2. The van der Waals surface area contributed by atoms with E-state index in [-0.39, 0.29) is 12.1 Å². The minimum Gasteiger partial charge on any atom is -0.480 e. The van der Waals surface area contributed by atoms with Crippen molar-refractivity contribution in [2.75, 3.05) is 20.1 Å². The van der Waals surface area contributed by atoms with Crippen LogP contribution < -0.4 is 10.6 Å². The van der Waals surface area contributed by atoms with E-state index in [9.17, 15) is 14.7 Å². The Morgan fingerprint density at radius 1 is 1.15 bits per heavy atom. The molecule has 0 aromatic heterocycles. The Bertz CT molecular complexity index is 359. The first-order valence-corrected chi connectivity index (χ1v) is 7.52. The summed E-state index contributed by atoms with van der Waals surface area (Å²) in [6.07, 6.45) is 5.68. The van der Waals surface area contributed by atoms with Gasteiger partial charge in [-0.1, -0.05) is 19.3 Å². The standard InChI is InChI=1S/C14H25N3O3/c1-17-9-5-11(6-10-17)15-13(20)16-14(12(18)19)7-3-2-4-8-14/h11H,2-10H2,1H3,(H,18,19)(H2,15,16,20). The number of hydrogen-bond acceptors (Lipinski definition) is 3. The van der Waals surface area contributed by atoms with Gasteiger partial charge >= 0.3 is 12.0 Å². The fourth-order valence-electron chi connectivity index (χ4n) is 3.14. The van der Waals surface area contributed by atoms with Gasteiger partial charge in [0.25, 0.3) is 0 Å². The van der Waals surface area contributed by atoms with Gasteiger partial charge < -0.3 is 20.6 Å². The van der Waals surface area contributed by atoms with E-state index < -0.39 is 11.5 Å². The van der Waals surface area contributed by atoms with E-state index >= 15 is 0 Å². The summed E-state index contributed by atoms with van der Waals surface area (Å²) in [5.41, 5.74) is -1.06. The van der Waals surface area contributed by atoms with Crippen LogP contribution in [0.15, 0.2) is 0 Å². The first-order chi connectivity index (χ1) is 9.52. The van der Waals surface area contributed by atoms with Gasteiger partial charge in [0.05, 0.1) is 0 Å². The molecule has 0 aromatic rings. The number of rotatable bonds is 3. The Kier molecular flexibility index (Phi) is 4.86. The van der Waals surface area contributed by atoms with E-state index in [1.54, 1.807) is 0 Å². The lowest BCUT2D eigenvalue weighted by Crippen LogP contribution is -2.59. The molecule has 0 unspecified atom stereocenters. The third kappa shape index (κ3) is 3.62. The predicted octanol–water partition coefficient (Wildman–Crippen LogP) is 1.17. The zero-order valence-electron chi connectivity index (χ0n) is 12.2. The largest absolute Gasteiger partial charge is 0.480 e. The number of likely N-dealkylation sites (tertiary alicyclic amines) is 1. The molecule has 1 aliphatic carbocycles. The molecule has 114 valence electrons. The highest BCUT2D eigenvalue weighted by atomic mass is 16.4. The van der Waals surface area contributed by atoms with Crippen LogP contribution in [0, 0.1) is 0 Å².